The van der Waals surface area contributed by atoms with E-state index < -0.39 is 0 Å². The van der Waals surface area contributed by atoms with Crippen LogP contribution in [0.2, 0.25) is 0 Å². The summed E-state index contributed by atoms with van der Waals surface area (Å²) in [5, 5.41) is 3.55. The molecule has 0 fully saturated rings. The van der Waals surface area contributed by atoms with Crippen molar-refractivity contribution in [2.75, 3.05) is 20.8 Å². The molecule has 0 unspecified atom stereocenters. The van der Waals surface area contributed by atoms with Crippen LogP contribution in [0.3, 0.4) is 0 Å². The fraction of sp³-hybridized carbons (Fsp3) is 1.00. The molecule has 15 heavy (non-hydrogen) atoms. The quantitative estimate of drug-likeness (QED) is 0.676. The Balaban J connectivity index is 3.94. The van der Waals surface area contributed by atoms with Crippen LogP contribution in [0.1, 0.15) is 40.5 Å². The SMILES string of the molecule is CC[C@H](COC)N[C@H](C)CC(C)(C)OC. The number of hydrogen-bond acceptors (Lipinski definition) is 3. The van der Waals surface area contributed by atoms with Crippen LogP contribution in [-0.4, -0.2) is 38.5 Å². The normalized spacial score (nSPS) is 16.4. The number of hydrogen-bond donors (Lipinski definition) is 1. The molecule has 0 aromatic carbocycles. The molecule has 0 aliphatic rings. The highest BCUT2D eigenvalue weighted by Crippen LogP contribution is 2.15. The maximum Gasteiger partial charge on any atom is 0.0637 e. The summed E-state index contributed by atoms with van der Waals surface area (Å²) in [5.74, 6) is 0. The second-order valence-corrected chi connectivity index (χ2v) is 4.80. The molecule has 0 aliphatic heterocycles. The van der Waals surface area contributed by atoms with Gasteiger partial charge in [0.15, 0.2) is 0 Å². The highest BCUT2D eigenvalue weighted by atomic mass is 16.5. The smallest absolute Gasteiger partial charge is 0.0637 e. The minimum absolute atomic E-state index is 0.0578. The first-order valence-corrected chi connectivity index (χ1v) is 5.75. The summed E-state index contributed by atoms with van der Waals surface area (Å²) < 4.78 is 10.6. The molecule has 0 aromatic heterocycles. The van der Waals surface area contributed by atoms with Crippen LogP contribution in [0.15, 0.2) is 0 Å². The summed E-state index contributed by atoms with van der Waals surface area (Å²) in [6, 6.07) is 0.887. The lowest BCUT2D eigenvalue weighted by Crippen LogP contribution is -2.42. The van der Waals surface area contributed by atoms with Crippen molar-refractivity contribution in [3.8, 4) is 0 Å². The zero-order valence-corrected chi connectivity index (χ0v) is 11.1. The first-order chi connectivity index (χ1) is 6.95. The van der Waals surface area contributed by atoms with Gasteiger partial charge in [-0.15, -0.1) is 0 Å². The Kier molecular flexibility index (Phi) is 7.14. The number of nitrogens with one attached hydrogen (secondary N) is 1. The lowest BCUT2D eigenvalue weighted by Gasteiger charge is -2.29. The van der Waals surface area contributed by atoms with Crippen molar-refractivity contribution in [3.05, 3.63) is 0 Å². The Bertz CT molecular complexity index is 160. The number of methoxy groups -OCH3 is 2. The van der Waals surface area contributed by atoms with Gasteiger partial charge in [-0.1, -0.05) is 6.92 Å². The molecule has 92 valence electrons. The number of ether oxygens (including phenoxy) is 2. The molecule has 0 amide bonds. The third-order valence-corrected chi connectivity index (χ3v) is 2.73. The molecule has 2 atom stereocenters. The second-order valence-electron chi connectivity index (χ2n) is 4.80. The van der Waals surface area contributed by atoms with Crippen LogP contribution in [0, 0.1) is 0 Å². The van der Waals surface area contributed by atoms with Crippen molar-refractivity contribution in [3.63, 3.8) is 0 Å². The fourth-order valence-electron chi connectivity index (χ4n) is 1.77. The standard InChI is InChI=1S/C12H27NO2/c1-7-11(9-14-5)13-10(2)8-12(3,4)15-6/h10-11,13H,7-9H2,1-6H3/t10-,11-/m1/s1. The van der Waals surface area contributed by atoms with E-state index in [1.807, 2.05) is 0 Å². The van der Waals surface area contributed by atoms with Crippen molar-refractivity contribution >= 4 is 0 Å². The Morgan fingerprint density at radius 1 is 1.27 bits per heavy atom. The van der Waals surface area contributed by atoms with Gasteiger partial charge in [-0.05, 0) is 33.6 Å². The van der Waals surface area contributed by atoms with Gasteiger partial charge >= 0.3 is 0 Å². The summed E-state index contributed by atoms with van der Waals surface area (Å²) in [6.45, 7) is 9.36. The van der Waals surface area contributed by atoms with Gasteiger partial charge in [0.25, 0.3) is 0 Å². The van der Waals surface area contributed by atoms with Crippen molar-refractivity contribution < 1.29 is 9.47 Å². The van der Waals surface area contributed by atoms with E-state index in [4.69, 9.17) is 9.47 Å². The molecule has 0 radical (unpaired) electrons. The summed E-state index contributed by atoms with van der Waals surface area (Å²) >= 11 is 0. The molecular formula is C12H27NO2. The van der Waals surface area contributed by atoms with E-state index >= 15 is 0 Å². The zero-order chi connectivity index (χ0) is 11.9. The molecule has 0 spiro atoms. The molecule has 3 heteroatoms. The summed E-state index contributed by atoms with van der Waals surface area (Å²) in [7, 11) is 3.51. The molecule has 0 saturated carbocycles. The van der Waals surface area contributed by atoms with E-state index in [-0.39, 0.29) is 5.60 Å². The van der Waals surface area contributed by atoms with Crippen molar-refractivity contribution in [2.45, 2.75) is 58.2 Å². The molecule has 0 saturated heterocycles. The minimum atomic E-state index is -0.0578. The van der Waals surface area contributed by atoms with Gasteiger partial charge < -0.3 is 14.8 Å². The van der Waals surface area contributed by atoms with E-state index in [9.17, 15) is 0 Å². The maximum absolute atomic E-state index is 5.41. The predicted octanol–water partition coefficient (Wildman–Crippen LogP) is 2.20. The van der Waals surface area contributed by atoms with E-state index in [0.29, 0.717) is 12.1 Å². The highest BCUT2D eigenvalue weighted by molar-refractivity contribution is 4.78. The summed E-state index contributed by atoms with van der Waals surface area (Å²) in [4.78, 5) is 0. The molecule has 0 bridgehead atoms. The van der Waals surface area contributed by atoms with Gasteiger partial charge in [0.2, 0.25) is 0 Å². The number of rotatable bonds is 8. The van der Waals surface area contributed by atoms with Crippen LogP contribution in [0.5, 0.6) is 0 Å². The van der Waals surface area contributed by atoms with E-state index in [0.717, 1.165) is 19.4 Å². The Hall–Kier alpha value is -0.120. The highest BCUT2D eigenvalue weighted by Gasteiger charge is 2.21. The van der Waals surface area contributed by atoms with Crippen LogP contribution < -0.4 is 5.32 Å². The monoisotopic (exact) mass is 217 g/mol. The van der Waals surface area contributed by atoms with E-state index in [1.165, 1.54) is 0 Å². The predicted molar refractivity (Wildman–Crippen MR) is 64.3 cm³/mol. The van der Waals surface area contributed by atoms with Crippen LogP contribution in [-0.2, 0) is 9.47 Å². The molecule has 0 heterocycles. The topological polar surface area (TPSA) is 30.5 Å². The first kappa shape index (κ1) is 14.9. The van der Waals surface area contributed by atoms with Crippen molar-refractivity contribution in [1.29, 1.82) is 0 Å². The fourth-order valence-corrected chi connectivity index (χ4v) is 1.77. The molecule has 0 aromatic rings. The van der Waals surface area contributed by atoms with Crippen LogP contribution in [0.4, 0.5) is 0 Å². The maximum atomic E-state index is 5.41. The lowest BCUT2D eigenvalue weighted by molar-refractivity contribution is 0.00658. The van der Waals surface area contributed by atoms with Crippen molar-refractivity contribution in [1.82, 2.24) is 5.32 Å². The Labute approximate surface area is 94.5 Å². The lowest BCUT2D eigenvalue weighted by atomic mass is 9.99. The molecule has 0 rings (SSSR count). The zero-order valence-electron chi connectivity index (χ0n) is 11.1. The Morgan fingerprint density at radius 2 is 1.87 bits per heavy atom. The molecular weight excluding hydrogens is 190 g/mol. The van der Waals surface area contributed by atoms with E-state index in [1.54, 1.807) is 14.2 Å². The van der Waals surface area contributed by atoms with Gasteiger partial charge in [0.1, 0.15) is 0 Å². The molecule has 3 nitrogen and oxygen atoms in total. The molecule has 0 aliphatic carbocycles. The van der Waals surface area contributed by atoms with Gasteiger partial charge in [-0.2, -0.15) is 0 Å². The van der Waals surface area contributed by atoms with Gasteiger partial charge in [-0.25, -0.2) is 0 Å². The first-order valence-electron chi connectivity index (χ1n) is 5.75. The van der Waals surface area contributed by atoms with E-state index in [2.05, 4.69) is 33.0 Å². The third kappa shape index (κ3) is 6.88. The summed E-state index contributed by atoms with van der Waals surface area (Å²) in [5.41, 5.74) is -0.0578. The second kappa shape index (κ2) is 7.20. The van der Waals surface area contributed by atoms with Gasteiger partial charge in [0.05, 0.1) is 12.2 Å². The average molecular weight is 217 g/mol. The van der Waals surface area contributed by atoms with Gasteiger partial charge in [-0.3, -0.25) is 0 Å². The Morgan fingerprint density at radius 3 is 2.27 bits per heavy atom. The van der Waals surface area contributed by atoms with Crippen LogP contribution in [0.25, 0.3) is 0 Å². The summed E-state index contributed by atoms with van der Waals surface area (Å²) in [6.07, 6.45) is 2.09. The minimum Gasteiger partial charge on any atom is -0.383 e. The third-order valence-electron chi connectivity index (χ3n) is 2.73. The van der Waals surface area contributed by atoms with Crippen LogP contribution >= 0.6 is 0 Å². The average Bonchev–Trinajstić information content (AvgIpc) is 2.16. The van der Waals surface area contributed by atoms with Gasteiger partial charge in [0, 0.05) is 26.3 Å². The van der Waals surface area contributed by atoms with Crippen molar-refractivity contribution in [2.24, 2.45) is 0 Å². The largest absolute Gasteiger partial charge is 0.383 e. The molecule has 1 N–H and O–H groups in total.